The number of aliphatic hydroxyl groups excluding tert-OH is 1. The van der Waals surface area contributed by atoms with Gasteiger partial charge < -0.3 is 25.5 Å². The van der Waals surface area contributed by atoms with Crippen molar-refractivity contribution in [2.24, 2.45) is 7.05 Å². The van der Waals surface area contributed by atoms with E-state index in [0.29, 0.717) is 17.3 Å². The van der Waals surface area contributed by atoms with Gasteiger partial charge in [0.25, 0.3) is 5.91 Å². The van der Waals surface area contributed by atoms with E-state index < -0.39 is 0 Å². The van der Waals surface area contributed by atoms with Crippen molar-refractivity contribution in [1.29, 1.82) is 0 Å². The Hall–Kier alpha value is -2.23. The van der Waals surface area contributed by atoms with Crippen molar-refractivity contribution in [3.8, 4) is 0 Å². The zero-order valence-corrected chi connectivity index (χ0v) is 21.8. The number of hydrogen-bond donors (Lipinski definition) is 3. The Kier molecular flexibility index (Phi) is 8.39. The van der Waals surface area contributed by atoms with Gasteiger partial charge in [0.1, 0.15) is 5.52 Å². The number of likely N-dealkylation sites (tertiary alicyclic amines) is 1. The molecule has 198 valence electrons. The molecular formula is C27H43N7O2. The van der Waals surface area contributed by atoms with Gasteiger partial charge in [-0.2, -0.15) is 5.10 Å². The molecule has 2 aromatic rings. The van der Waals surface area contributed by atoms with Gasteiger partial charge in [-0.15, -0.1) is 0 Å². The molecular weight excluding hydrogens is 454 g/mol. The molecule has 3 fully saturated rings. The van der Waals surface area contributed by atoms with Gasteiger partial charge in [-0.25, -0.2) is 4.98 Å². The lowest BCUT2D eigenvalue weighted by Crippen LogP contribution is -2.47. The van der Waals surface area contributed by atoms with Crippen LogP contribution in [0.4, 0.5) is 5.69 Å². The molecule has 9 nitrogen and oxygen atoms in total. The summed E-state index contributed by atoms with van der Waals surface area (Å²) in [5.74, 6) is -0.116. The van der Waals surface area contributed by atoms with E-state index in [1.165, 1.54) is 25.7 Å². The standard InChI is InChI=1S/C27H43N7O2/c1-32-24-18-22(34-13-4-2-3-5-14-34)19-29-25(24)26(31-32)27(36)30-21-10-15-33(16-11-21)17-12-28-20-6-8-23(35)9-7-20/h18-21,23,28,35H,2-17H2,1H3,(H,30,36). The van der Waals surface area contributed by atoms with Crippen LogP contribution in [0.1, 0.15) is 74.7 Å². The van der Waals surface area contributed by atoms with Gasteiger partial charge in [0.15, 0.2) is 5.69 Å². The summed E-state index contributed by atoms with van der Waals surface area (Å²) in [4.78, 5) is 22.7. The van der Waals surface area contributed by atoms with Gasteiger partial charge in [-0.3, -0.25) is 9.48 Å². The van der Waals surface area contributed by atoms with E-state index in [1.807, 2.05) is 13.2 Å². The summed E-state index contributed by atoms with van der Waals surface area (Å²) in [5.41, 5.74) is 3.16. The molecule has 1 amide bonds. The molecule has 0 spiro atoms. The Morgan fingerprint density at radius 3 is 2.44 bits per heavy atom. The first-order valence-corrected chi connectivity index (χ1v) is 14.1. The number of fused-ring (bicyclic) bond motifs is 1. The fourth-order valence-electron chi connectivity index (χ4n) is 6.04. The van der Waals surface area contributed by atoms with Gasteiger partial charge in [-0.1, -0.05) is 12.8 Å². The molecule has 4 heterocycles. The van der Waals surface area contributed by atoms with E-state index in [0.717, 1.165) is 89.0 Å². The van der Waals surface area contributed by atoms with Crippen LogP contribution in [0.5, 0.6) is 0 Å². The van der Waals surface area contributed by atoms with Crippen molar-refractivity contribution in [1.82, 2.24) is 30.3 Å². The number of aryl methyl sites for hydroxylation is 1. The first kappa shape index (κ1) is 25.4. The monoisotopic (exact) mass is 497 g/mol. The van der Waals surface area contributed by atoms with Crippen LogP contribution in [0.15, 0.2) is 12.3 Å². The second kappa shape index (κ2) is 11.9. The molecule has 3 aliphatic rings. The summed E-state index contributed by atoms with van der Waals surface area (Å²) < 4.78 is 1.79. The van der Waals surface area contributed by atoms with Crippen molar-refractivity contribution in [2.45, 2.75) is 82.4 Å². The largest absolute Gasteiger partial charge is 0.393 e. The molecule has 2 aromatic heterocycles. The van der Waals surface area contributed by atoms with E-state index in [2.05, 4.69) is 31.6 Å². The number of carbonyl (C=O) groups excluding carboxylic acids is 1. The smallest absolute Gasteiger partial charge is 0.274 e. The van der Waals surface area contributed by atoms with Gasteiger partial charge in [0.05, 0.1) is 23.5 Å². The molecule has 1 saturated carbocycles. The zero-order valence-electron chi connectivity index (χ0n) is 21.8. The maximum atomic E-state index is 13.1. The van der Waals surface area contributed by atoms with E-state index in [9.17, 15) is 9.90 Å². The Bertz CT molecular complexity index is 1000. The van der Waals surface area contributed by atoms with Gasteiger partial charge in [-0.05, 0) is 57.4 Å². The number of hydrogen-bond acceptors (Lipinski definition) is 7. The van der Waals surface area contributed by atoms with Crippen LogP contribution in [-0.2, 0) is 7.05 Å². The number of aliphatic hydroxyl groups is 1. The molecule has 1 aliphatic carbocycles. The Morgan fingerprint density at radius 2 is 1.72 bits per heavy atom. The van der Waals surface area contributed by atoms with E-state index in [-0.39, 0.29) is 18.1 Å². The SMILES string of the molecule is Cn1nc(C(=O)NC2CCN(CCNC3CCC(O)CC3)CC2)c2ncc(N3CCCCCC3)cc21. The van der Waals surface area contributed by atoms with Crippen LogP contribution in [0, 0.1) is 0 Å². The number of pyridine rings is 1. The molecule has 0 radical (unpaired) electrons. The highest BCUT2D eigenvalue weighted by molar-refractivity contribution is 6.03. The topological polar surface area (TPSA) is 98.5 Å². The molecule has 3 N–H and O–H groups in total. The lowest BCUT2D eigenvalue weighted by Gasteiger charge is -2.33. The van der Waals surface area contributed by atoms with Crippen LogP contribution in [0.3, 0.4) is 0 Å². The molecule has 0 aromatic carbocycles. The number of piperidine rings is 1. The van der Waals surface area contributed by atoms with Crippen LogP contribution in [0.2, 0.25) is 0 Å². The lowest BCUT2D eigenvalue weighted by molar-refractivity contribution is 0.0906. The lowest BCUT2D eigenvalue weighted by atomic mass is 9.93. The highest BCUT2D eigenvalue weighted by atomic mass is 16.3. The van der Waals surface area contributed by atoms with Crippen molar-refractivity contribution in [3.05, 3.63) is 18.0 Å². The highest BCUT2D eigenvalue weighted by Gasteiger charge is 2.25. The van der Waals surface area contributed by atoms with Gasteiger partial charge in [0, 0.05) is 58.4 Å². The molecule has 0 bridgehead atoms. The molecule has 5 rings (SSSR count). The molecule has 2 aliphatic heterocycles. The highest BCUT2D eigenvalue weighted by Crippen LogP contribution is 2.25. The summed E-state index contributed by atoms with van der Waals surface area (Å²) in [7, 11) is 1.90. The minimum atomic E-state index is -0.116. The van der Waals surface area contributed by atoms with Crippen LogP contribution in [0.25, 0.3) is 11.0 Å². The van der Waals surface area contributed by atoms with Crippen LogP contribution in [-0.4, -0.2) is 88.1 Å². The summed E-state index contributed by atoms with van der Waals surface area (Å²) in [6, 6.07) is 2.86. The molecule has 0 unspecified atom stereocenters. The van der Waals surface area contributed by atoms with Crippen molar-refractivity contribution in [2.75, 3.05) is 44.2 Å². The van der Waals surface area contributed by atoms with Crippen molar-refractivity contribution < 1.29 is 9.90 Å². The number of carbonyl (C=O) groups is 1. The summed E-state index contributed by atoms with van der Waals surface area (Å²) in [6.45, 7) is 6.15. The predicted molar refractivity (Wildman–Crippen MR) is 142 cm³/mol. The Balaban J connectivity index is 1.11. The van der Waals surface area contributed by atoms with Crippen LogP contribution >= 0.6 is 0 Å². The molecule has 2 saturated heterocycles. The Labute approximate surface area is 214 Å². The van der Waals surface area contributed by atoms with E-state index in [1.54, 1.807) is 4.68 Å². The minimum absolute atomic E-state index is 0.0983. The average Bonchev–Trinajstić information content (AvgIpc) is 3.05. The molecule has 36 heavy (non-hydrogen) atoms. The zero-order chi connectivity index (χ0) is 24.9. The molecule has 9 heteroatoms. The number of nitrogens with one attached hydrogen (secondary N) is 2. The first-order valence-electron chi connectivity index (χ1n) is 14.1. The quantitative estimate of drug-likeness (QED) is 0.540. The maximum absolute atomic E-state index is 13.1. The third kappa shape index (κ3) is 6.18. The second-order valence-corrected chi connectivity index (χ2v) is 11.0. The van der Waals surface area contributed by atoms with Gasteiger partial charge >= 0.3 is 0 Å². The third-order valence-corrected chi connectivity index (χ3v) is 8.34. The van der Waals surface area contributed by atoms with Crippen LogP contribution < -0.4 is 15.5 Å². The number of rotatable bonds is 7. The number of nitrogens with zero attached hydrogens (tertiary/aromatic N) is 5. The third-order valence-electron chi connectivity index (χ3n) is 8.34. The summed E-state index contributed by atoms with van der Waals surface area (Å²) in [5, 5.41) is 21.1. The fraction of sp³-hybridized carbons (Fsp3) is 0.741. The Morgan fingerprint density at radius 1 is 1.00 bits per heavy atom. The number of aromatic nitrogens is 3. The van der Waals surface area contributed by atoms with Gasteiger partial charge in [0.2, 0.25) is 0 Å². The van der Waals surface area contributed by atoms with Crippen molar-refractivity contribution >= 4 is 22.6 Å². The number of anilines is 1. The second-order valence-electron chi connectivity index (χ2n) is 11.0. The van der Waals surface area contributed by atoms with E-state index >= 15 is 0 Å². The predicted octanol–water partition coefficient (Wildman–Crippen LogP) is 2.44. The summed E-state index contributed by atoms with van der Waals surface area (Å²) >= 11 is 0. The number of amides is 1. The van der Waals surface area contributed by atoms with E-state index in [4.69, 9.17) is 4.98 Å². The fourth-order valence-corrected chi connectivity index (χ4v) is 6.04. The molecule has 0 atom stereocenters. The van der Waals surface area contributed by atoms with Crippen molar-refractivity contribution in [3.63, 3.8) is 0 Å². The maximum Gasteiger partial charge on any atom is 0.274 e. The average molecular weight is 498 g/mol. The minimum Gasteiger partial charge on any atom is -0.393 e. The normalized spacial score (nSPS) is 24.7. The summed E-state index contributed by atoms with van der Waals surface area (Å²) in [6.07, 6.45) is 12.7. The first-order chi connectivity index (χ1) is 17.6.